The van der Waals surface area contributed by atoms with Crippen molar-refractivity contribution in [2.45, 2.75) is 33.0 Å². The number of hydrogen-bond acceptors (Lipinski definition) is 4. The van der Waals surface area contributed by atoms with Crippen LogP contribution in [-0.4, -0.2) is 27.4 Å². The van der Waals surface area contributed by atoms with E-state index in [2.05, 4.69) is 14.9 Å². The lowest BCUT2D eigenvalue weighted by atomic mass is 10.1. The lowest BCUT2D eigenvalue weighted by molar-refractivity contribution is -0.138. The number of aromatic amines is 1. The monoisotopic (exact) mass is 268 g/mol. The summed E-state index contributed by atoms with van der Waals surface area (Å²) < 4.78 is 17.5. The van der Waals surface area contributed by atoms with E-state index >= 15 is 0 Å². The van der Waals surface area contributed by atoms with Crippen molar-refractivity contribution in [3.63, 3.8) is 0 Å². The molecule has 1 heterocycles. The van der Waals surface area contributed by atoms with E-state index in [4.69, 9.17) is 5.11 Å². The Morgan fingerprint density at radius 3 is 2.63 bits per heavy atom. The van der Waals surface area contributed by atoms with E-state index in [1.54, 1.807) is 12.3 Å². The number of aliphatic hydroxyl groups is 1. The molecule has 0 fully saturated rings. The minimum absolute atomic E-state index is 0.285. The van der Waals surface area contributed by atoms with Crippen LogP contribution in [0.5, 0.6) is 0 Å². The number of halogens is 1. The molecule has 0 saturated carbocycles. The normalized spacial score (nSPS) is 10.8. The zero-order valence-electron chi connectivity index (χ0n) is 11.1. The number of hydrogen-bond donors (Lipinski definition) is 2. The van der Waals surface area contributed by atoms with Gasteiger partial charge in [0.15, 0.2) is 0 Å². The Bertz CT molecular complexity index is 546. The summed E-state index contributed by atoms with van der Waals surface area (Å²) in [5.74, 6) is -0.408. The molecule has 1 aromatic carbocycles. The van der Waals surface area contributed by atoms with Gasteiger partial charge in [-0.2, -0.15) is 5.10 Å². The van der Waals surface area contributed by atoms with Crippen LogP contribution in [0.25, 0.3) is 10.9 Å². The van der Waals surface area contributed by atoms with Gasteiger partial charge >= 0.3 is 0 Å². The average molecular weight is 268 g/mol. The average Bonchev–Trinajstić information content (AvgIpc) is 2.74. The Morgan fingerprint density at radius 1 is 1.47 bits per heavy atom. The van der Waals surface area contributed by atoms with Crippen molar-refractivity contribution in [2.24, 2.45) is 0 Å². The molecule has 0 amide bonds. The number of fused-ring (bicyclic) bond motifs is 1. The van der Waals surface area contributed by atoms with E-state index in [1.807, 2.05) is 20.8 Å². The molecule has 0 spiro atoms. The van der Waals surface area contributed by atoms with Crippen LogP contribution in [0.1, 0.15) is 26.3 Å². The highest BCUT2D eigenvalue weighted by atomic mass is 19.1. The van der Waals surface area contributed by atoms with Crippen LogP contribution in [0.3, 0.4) is 0 Å². The van der Waals surface area contributed by atoms with Crippen LogP contribution in [0.15, 0.2) is 18.3 Å². The summed E-state index contributed by atoms with van der Waals surface area (Å²) in [6, 6.07) is 2.90. The third-order valence-electron chi connectivity index (χ3n) is 2.18. The van der Waals surface area contributed by atoms with Gasteiger partial charge in [-0.1, -0.05) is 0 Å². The minimum Gasteiger partial charge on any atom is -0.462 e. The summed E-state index contributed by atoms with van der Waals surface area (Å²) in [5, 5.41) is 15.9. The van der Waals surface area contributed by atoms with Gasteiger partial charge in [0.1, 0.15) is 11.4 Å². The lowest BCUT2D eigenvalue weighted by Gasteiger charge is -2.14. The number of benzene rings is 1. The Morgan fingerprint density at radius 2 is 2.16 bits per heavy atom. The molecule has 0 bridgehead atoms. The van der Waals surface area contributed by atoms with E-state index < -0.39 is 5.82 Å². The summed E-state index contributed by atoms with van der Waals surface area (Å²) in [4.78, 5) is 9.60. The third kappa shape index (κ3) is 4.67. The molecule has 6 heteroatoms. The number of nitrogens with one attached hydrogen (secondary N) is 1. The molecular formula is C13H17FN2O3. The van der Waals surface area contributed by atoms with Crippen LogP contribution in [0.2, 0.25) is 0 Å². The van der Waals surface area contributed by atoms with Crippen LogP contribution in [0.4, 0.5) is 4.39 Å². The van der Waals surface area contributed by atoms with Crippen molar-refractivity contribution in [1.82, 2.24) is 10.2 Å². The first-order valence-electron chi connectivity index (χ1n) is 5.71. The SMILES string of the molecule is CC(C)(C)OC=O.OCc1cc2cn[nH]c2cc1F. The first kappa shape index (κ1) is 15.1. The van der Waals surface area contributed by atoms with Gasteiger partial charge in [-0.05, 0) is 32.9 Å². The summed E-state index contributed by atoms with van der Waals surface area (Å²) in [5.41, 5.74) is 0.621. The molecular weight excluding hydrogens is 251 g/mol. The highest BCUT2D eigenvalue weighted by Crippen LogP contribution is 2.16. The van der Waals surface area contributed by atoms with E-state index in [0.717, 1.165) is 5.39 Å². The van der Waals surface area contributed by atoms with E-state index in [0.29, 0.717) is 17.6 Å². The Kier molecular flexibility index (Phi) is 5.00. The second-order valence-corrected chi connectivity index (χ2v) is 4.89. The number of H-pyrrole nitrogens is 1. The molecule has 0 aliphatic heterocycles. The fourth-order valence-electron chi connectivity index (χ4n) is 1.28. The molecule has 1 aromatic heterocycles. The van der Waals surface area contributed by atoms with Crippen LogP contribution in [0, 0.1) is 5.82 Å². The predicted molar refractivity (Wildman–Crippen MR) is 68.9 cm³/mol. The number of nitrogens with zero attached hydrogens (tertiary/aromatic N) is 1. The van der Waals surface area contributed by atoms with Crippen molar-refractivity contribution in [3.8, 4) is 0 Å². The first-order valence-corrected chi connectivity index (χ1v) is 5.71. The molecule has 104 valence electrons. The molecule has 0 radical (unpaired) electrons. The maximum Gasteiger partial charge on any atom is 0.293 e. The minimum atomic E-state index is -0.408. The Labute approximate surface area is 110 Å². The van der Waals surface area contributed by atoms with Gasteiger partial charge in [0, 0.05) is 10.9 Å². The maximum absolute atomic E-state index is 13.0. The van der Waals surface area contributed by atoms with Gasteiger partial charge < -0.3 is 9.84 Å². The van der Waals surface area contributed by atoms with Crippen molar-refractivity contribution in [3.05, 3.63) is 29.7 Å². The summed E-state index contributed by atoms with van der Waals surface area (Å²) in [6.07, 6.45) is 1.59. The zero-order valence-corrected chi connectivity index (χ0v) is 11.1. The fourth-order valence-corrected chi connectivity index (χ4v) is 1.28. The predicted octanol–water partition coefficient (Wildman–Crippen LogP) is 2.15. The molecule has 2 rings (SSSR count). The second kappa shape index (κ2) is 6.29. The number of carbonyl (C=O) groups is 1. The number of rotatable bonds is 2. The quantitative estimate of drug-likeness (QED) is 0.818. The van der Waals surface area contributed by atoms with Crippen LogP contribution in [-0.2, 0) is 16.1 Å². The number of aromatic nitrogens is 2. The van der Waals surface area contributed by atoms with Gasteiger partial charge in [-0.15, -0.1) is 0 Å². The van der Waals surface area contributed by atoms with Gasteiger partial charge in [-0.3, -0.25) is 9.89 Å². The molecule has 0 aliphatic rings. The number of ether oxygens (including phenoxy) is 1. The van der Waals surface area contributed by atoms with Gasteiger partial charge in [0.2, 0.25) is 0 Å². The summed E-state index contributed by atoms with van der Waals surface area (Å²) in [7, 11) is 0. The van der Waals surface area contributed by atoms with Crippen molar-refractivity contribution in [1.29, 1.82) is 0 Å². The largest absolute Gasteiger partial charge is 0.462 e. The van der Waals surface area contributed by atoms with Crippen molar-refractivity contribution >= 4 is 17.4 Å². The standard InChI is InChI=1S/C8H7FN2O.C5H10O2/c9-7-2-8-5(3-10-11-8)1-6(7)4-12;1-5(2,3)7-4-6/h1-3,12H,4H2,(H,10,11);4H,1-3H3. The van der Waals surface area contributed by atoms with Crippen LogP contribution >= 0.6 is 0 Å². The lowest BCUT2D eigenvalue weighted by Crippen LogP contribution is -2.17. The van der Waals surface area contributed by atoms with Crippen molar-refractivity contribution in [2.75, 3.05) is 0 Å². The number of aliphatic hydroxyl groups excluding tert-OH is 1. The Hall–Kier alpha value is -1.95. The summed E-state index contributed by atoms with van der Waals surface area (Å²) >= 11 is 0. The van der Waals surface area contributed by atoms with E-state index in [9.17, 15) is 9.18 Å². The zero-order chi connectivity index (χ0) is 14.5. The van der Waals surface area contributed by atoms with Gasteiger partial charge in [0.25, 0.3) is 6.47 Å². The molecule has 5 nitrogen and oxygen atoms in total. The molecule has 0 aliphatic carbocycles. The smallest absolute Gasteiger partial charge is 0.293 e. The molecule has 2 N–H and O–H groups in total. The summed E-state index contributed by atoms with van der Waals surface area (Å²) in [6.45, 7) is 5.64. The van der Waals surface area contributed by atoms with E-state index in [-0.39, 0.29) is 12.2 Å². The molecule has 0 saturated heterocycles. The highest BCUT2D eigenvalue weighted by molar-refractivity contribution is 5.78. The molecule has 2 aromatic rings. The topological polar surface area (TPSA) is 75.2 Å². The number of carbonyl (C=O) groups excluding carboxylic acids is 1. The highest BCUT2D eigenvalue weighted by Gasteiger charge is 2.07. The fraction of sp³-hybridized carbons (Fsp3) is 0.385. The first-order chi connectivity index (χ1) is 8.87. The molecule has 19 heavy (non-hydrogen) atoms. The van der Waals surface area contributed by atoms with E-state index in [1.165, 1.54) is 6.07 Å². The van der Waals surface area contributed by atoms with Crippen LogP contribution < -0.4 is 0 Å². The Balaban J connectivity index is 0.000000224. The second-order valence-electron chi connectivity index (χ2n) is 4.89. The molecule has 0 unspecified atom stereocenters. The van der Waals surface area contributed by atoms with Gasteiger partial charge in [0.05, 0.1) is 18.3 Å². The van der Waals surface area contributed by atoms with Crippen molar-refractivity contribution < 1.29 is 19.0 Å². The molecule has 0 atom stereocenters. The third-order valence-corrected chi connectivity index (χ3v) is 2.18. The van der Waals surface area contributed by atoms with Gasteiger partial charge in [-0.25, -0.2) is 4.39 Å². The maximum atomic E-state index is 13.0.